The van der Waals surface area contributed by atoms with Gasteiger partial charge < -0.3 is 0 Å². The maximum absolute atomic E-state index is 13.1. The molecule has 0 saturated carbocycles. The minimum Gasteiger partial charge on any atom is -0.206 e. The molecule has 0 bridgehead atoms. The molecule has 0 N–H and O–H groups in total. The number of hydrogen-bond acceptors (Lipinski definition) is 2. The molecule has 15 heteroatoms. The predicted molar refractivity (Wildman–Crippen MR) is 44.8 cm³/mol. The Bertz CT molecular complexity index is 557. The Kier molecular flexibility index (Phi) is 5.20. The van der Waals surface area contributed by atoms with E-state index in [0.717, 1.165) is 0 Å². The highest BCUT2D eigenvalue weighted by molar-refractivity contribution is 7.87. The van der Waals surface area contributed by atoms with Gasteiger partial charge in [0.05, 0.1) is 6.42 Å². The summed E-state index contributed by atoms with van der Waals surface area (Å²) in [5.41, 5.74) is 0. The number of rotatable bonds is 5. The summed E-state index contributed by atoms with van der Waals surface area (Å²) in [7, 11) is -8.07. The molecule has 132 valence electrons. The Morgan fingerprint density at radius 3 is 1.41 bits per heavy atom. The second-order valence-corrected chi connectivity index (χ2v) is 5.09. The van der Waals surface area contributed by atoms with E-state index in [1.165, 1.54) is 0 Å². The van der Waals surface area contributed by atoms with Crippen molar-refractivity contribution in [3.63, 3.8) is 0 Å². The van der Waals surface area contributed by atoms with Crippen molar-refractivity contribution in [2.75, 3.05) is 0 Å². The Balaban J connectivity index is 6.33. The van der Waals surface area contributed by atoms with Crippen LogP contribution < -0.4 is 0 Å². The molecule has 0 aromatic heterocycles. The van der Waals surface area contributed by atoms with Crippen LogP contribution in [0.5, 0.6) is 0 Å². The van der Waals surface area contributed by atoms with Gasteiger partial charge in [-0.25, -0.2) is 8.78 Å². The van der Waals surface area contributed by atoms with Crippen molar-refractivity contribution in [3.8, 4) is 0 Å². The molecule has 0 fully saturated rings. The third-order valence-corrected chi connectivity index (χ3v) is 3.31. The fourth-order valence-corrected chi connectivity index (χ4v) is 1.81. The molecule has 1 unspecified atom stereocenters. The van der Waals surface area contributed by atoms with Crippen LogP contribution in [0.1, 0.15) is 6.42 Å². The van der Waals surface area contributed by atoms with Crippen molar-refractivity contribution in [3.05, 3.63) is 11.9 Å². The van der Waals surface area contributed by atoms with Gasteiger partial charge in [0.25, 0.3) is 0 Å². The Hall–Kier alpha value is -1.15. The van der Waals surface area contributed by atoms with E-state index in [0.29, 0.717) is 0 Å². The Labute approximate surface area is 113 Å². The molecule has 0 aromatic carbocycles. The lowest BCUT2D eigenvalue weighted by Crippen LogP contribution is -2.66. The summed E-state index contributed by atoms with van der Waals surface area (Å²) in [6, 6.07) is 0. The third kappa shape index (κ3) is 3.12. The maximum Gasteiger partial charge on any atom is 0.446 e. The highest BCUT2D eigenvalue weighted by Gasteiger charge is 2.86. The first-order valence-electron chi connectivity index (χ1n) is 4.48. The molecule has 0 heterocycles. The van der Waals surface area contributed by atoms with Crippen molar-refractivity contribution in [2.24, 2.45) is 0 Å². The van der Waals surface area contributed by atoms with Crippen LogP contribution in [0.4, 0.5) is 52.2 Å². The molecule has 0 rings (SSSR count). The Morgan fingerprint density at radius 1 is 0.818 bits per heavy atom. The minimum atomic E-state index is -8.07. The van der Waals surface area contributed by atoms with Crippen molar-refractivity contribution >= 4 is 10.2 Å². The third-order valence-electron chi connectivity index (χ3n) is 2.15. The van der Waals surface area contributed by atoms with E-state index in [4.69, 9.17) is 0 Å². The molecule has 0 aliphatic heterocycles. The van der Waals surface area contributed by atoms with Crippen LogP contribution >= 0.6 is 0 Å². The van der Waals surface area contributed by atoms with E-state index in [9.17, 15) is 60.6 Å². The van der Waals surface area contributed by atoms with Crippen molar-refractivity contribution in [1.29, 1.82) is 0 Å². The van der Waals surface area contributed by atoms with Crippen molar-refractivity contribution in [2.45, 2.75) is 29.4 Å². The molecule has 1 atom stereocenters. The molecule has 0 aliphatic rings. The van der Waals surface area contributed by atoms with E-state index in [1.54, 1.807) is 0 Å². The predicted octanol–water partition coefficient (Wildman–Crippen LogP) is 4.25. The summed E-state index contributed by atoms with van der Waals surface area (Å²) in [4.78, 5) is 0. The van der Waals surface area contributed by atoms with Gasteiger partial charge >= 0.3 is 39.3 Å². The van der Waals surface area contributed by atoms with Gasteiger partial charge in [-0.05, 0) is 0 Å². The molecular weight excluding hydrogens is 376 g/mol. The first kappa shape index (κ1) is 20.9. The largest absolute Gasteiger partial charge is 0.446 e. The zero-order valence-corrected chi connectivity index (χ0v) is 10.3. The lowest BCUT2D eigenvalue weighted by atomic mass is 10.0. The monoisotopic (exact) mass is 378 g/mol. The molecule has 0 aromatic rings. The van der Waals surface area contributed by atoms with Gasteiger partial charge in [0.15, 0.2) is 5.83 Å². The lowest BCUT2D eigenvalue weighted by molar-refractivity contribution is -0.324. The number of alkyl halides is 8. The topological polar surface area (TPSA) is 34.1 Å². The lowest BCUT2D eigenvalue weighted by Gasteiger charge is -2.35. The van der Waals surface area contributed by atoms with E-state index in [1.807, 2.05) is 0 Å². The molecular formula is C7H2F12O2S. The molecule has 0 amide bonds. The van der Waals surface area contributed by atoms with Gasteiger partial charge in [0.1, 0.15) is 0 Å². The van der Waals surface area contributed by atoms with E-state index in [-0.39, 0.29) is 0 Å². The number of halogens is 12. The molecule has 0 aliphatic carbocycles. The fraction of sp³-hybridized carbons (Fsp3) is 0.714. The zero-order chi connectivity index (χ0) is 18.4. The second kappa shape index (κ2) is 5.49. The van der Waals surface area contributed by atoms with Crippen LogP contribution in [0, 0.1) is 0 Å². The fourth-order valence-electron chi connectivity index (χ4n) is 1.08. The highest BCUT2D eigenvalue weighted by Crippen LogP contribution is 2.56. The molecule has 22 heavy (non-hydrogen) atoms. The standard InChI is InChI=1S/C7H2F12O2S/c8-2(3(9)10)1-4(11,12)5(13,14)6(15,7(16,17)18)22(19,20)21/h1H2. The normalized spacial score (nSPS) is 17.1. The molecule has 0 saturated heterocycles. The summed E-state index contributed by atoms with van der Waals surface area (Å²) in [5.74, 6) is -17.5. The average Bonchev–Trinajstić information content (AvgIpc) is 2.23. The van der Waals surface area contributed by atoms with Crippen LogP contribution in [0.2, 0.25) is 0 Å². The first-order chi connectivity index (χ1) is 9.33. The van der Waals surface area contributed by atoms with Gasteiger partial charge in [-0.3, -0.25) is 0 Å². The summed E-state index contributed by atoms with van der Waals surface area (Å²) in [6.07, 6.45) is -14.6. The molecule has 2 nitrogen and oxygen atoms in total. The van der Waals surface area contributed by atoms with Crippen molar-refractivity contribution < 1.29 is 60.6 Å². The number of hydrogen-bond donors (Lipinski definition) is 0. The van der Waals surface area contributed by atoms with Crippen LogP contribution in [0.15, 0.2) is 11.9 Å². The molecule has 0 spiro atoms. The van der Waals surface area contributed by atoms with Crippen LogP contribution in [-0.2, 0) is 10.2 Å². The average molecular weight is 378 g/mol. The summed E-state index contributed by atoms with van der Waals surface area (Å²) in [6.45, 7) is 0. The van der Waals surface area contributed by atoms with Gasteiger partial charge in [-0.15, -0.1) is 3.89 Å². The van der Waals surface area contributed by atoms with Crippen LogP contribution in [0.25, 0.3) is 0 Å². The SMILES string of the molecule is O=S(=O)(F)C(F)(C(F)(F)F)C(F)(F)C(F)(F)CC(F)=C(F)F. The summed E-state index contributed by atoms with van der Waals surface area (Å²) >= 11 is 0. The summed E-state index contributed by atoms with van der Waals surface area (Å²) < 4.78 is 168. The van der Waals surface area contributed by atoms with Gasteiger partial charge in [0.2, 0.25) is 0 Å². The van der Waals surface area contributed by atoms with Crippen molar-refractivity contribution in [1.82, 2.24) is 0 Å². The molecule has 0 radical (unpaired) electrons. The number of allylic oxidation sites excluding steroid dienone is 1. The van der Waals surface area contributed by atoms with E-state index < -0.39 is 51.6 Å². The van der Waals surface area contributed by atoms with E-state index >= 15 is 0 Å². The smallest absolute Gasteiger partial charge is 0.206 e. The van der Waals surface area contributed by atoms with Gasteiger partial charge in [0, 0.05) is 0 Å². The minimum absolute atomic E-state index is 3.37. The quantitative estimate of drug-likeness (QED) is 0.530. The van der Waals surface area contributed by atoms with Crippen LogP contribution in [-0.4, -0.2) is 31.4 Å². The summed E-state index contributed by atoms with van der Waals surface area (Å²) in [5, 5.41) is -7.48. The highest BCUT2D eigenvalue weighted by atomic mass is 32.3. The Morgan fingerprint density at radius 2 is 1.18 bits per heavy atom. The maximum atomic E-state index is 13.1. The van der Waals surface area contributed by atoms with Gasteiger partial charge in [-0.2, -0.15) is 47.9 Å². The van der Waals surface area contributed by atoms with E-state index in [2.05, 4.69) is 0 Å². The second-order valence-electron chi connectivity index (χ2n) is 3.65. The van der Waals surface area contributed by atoms with Gasteiger partial charge in [-0.1, -0.05) is 0 Å². The van der Waals surface area contributed by atoms with Crippen LogP contribution in [0.3, 0.4) is 0 Å². The first-order valence-corrected chi connectivity index (χ1v) is 5.86. The zero-order valence-electron chi connectivity index (χ0n) is 9.47.